The Labute approximate surface area is 155 Å². The lowest BCUT2D eigenvalue weighted by Gasteiger charge is -2.29. The number of urea groups is 1. The van der Waals surface area contributed by atoms with Crippen molar-refractivity contribution in [3.63, 3.8) is 0 Å². The predicted molar refractivity (Wildman–Crippen MR) is 103 cm³/mol. The molecule has 0 aromatic heterocycles. The molecular formula is C19H30N4O3. The second-order valence-corrected chi connectivity index (χ2v) is 6.76. The molecule has 4 amide bonds. The van der Waals surface area contributed by atoms with Crippen LogP contribution in [0, 0.1) is 5.92 Å². The summed E-state index contributed by atoms with van der Waals surface area (Å²) in [5, 5.41) is 8.20. The van der Waals surface area contributed by atoms with Crippen LogP contribution in [0.3, 0.4) is 0 Å². The summed E-state index contributed by atoms with van der Waals surface area (Å²) in [7, 11) is 0. The summed E-state index contributed by atoms with van der Waals surface area (Å²) >= 11 is 0. The van der Waals surface area contributed by atoms with Gasteiger partial charge in [0.1, 0.15) is 6.04 Å². The Kier molecular flexibility index (Phi) is 8.61. The van der Waals surface area contributed by atoms with Gasteiger partial charge >= 0.3 is 6.03 Å². The average Bonchev–Trinajstić information content (AvgIpc) is 2.57. The summed E-state index contributed by atoms with van der Waals surface area (Å²) in [6, 6.07) is 7.84. The molecule has 3 N–H and O–H groups in total. The molecule has 1 rings (SSSR count). The number of amides is 4. The minimum atomic E-state index is -0.717. The summed E-state index contributed by atoms with van der Waals surface area (Å²) in [6.07, 6.45) is 0. The summed E-state index contributed by atoms with van der Waals surface area (Å²) in [5.41, 5.74) is 0.642. The fourth-order valence-electron chi connectivity index (χ4n) is 2.43. The predicted octanol–water partition coefficient (Wildman–Crippen LogP) is 2.21. The van der Waals surface area contributed by atoms with E-state index in [0.29, 0.717) is 12.2 Å². The Morgan fingerprint density at radius 2 is 1.62 bits per heavy atom. The number of carbonyl (C=O) groups excluding carboxylic acids is 3. The topological polar surface area (TPSA) is 90.5 Å². The number of benzene rings is 1. The summed E-state index contributed by atoms with van der Waals surface area (Å²) in [6.45, 7) is 9.60. The SMILES string of the molecule is CCN(CC(=O)NC(C)C)C(=O)C(NC(=O)Nc1ccccc1)C(C)C. The van der Waals surface area contributed by atoms with Gasteiger partial charge in [-0.25, -0.2) is 4.79 Å². The first-order chi connectivity index (χ1) is 12.2. The Bertz CT molecular complexity index is 602. The van der Waals surface area contributed by atoms with Gasteiger partial charge in [-0.2, -0.15) is 0 Å². The van der Waals surface area contributed by atoms with Crippen molar-refractivity contribution in [2.45, 2.75) is 46.7 Å². The van der Waals surface area contributed by atoms with Crippen LogP contribution in [-0.4, -0.2) is 47.9 Å². The normalized spacial score (nSPS) is 11.8. The van der Waals surface area contributed by atoms with Crippen molar-refractivity contribution >= 4 is 23.5 Å². The largest absolute Gasteiger partial charge is 0.352 e. The van der Waals surface area contributed by atoms with Crippen LogP contribution in [0.2, 0.25) is 0 Å². The fourth-order valence-corrected chi connectivity index (χ4v) is 2.43. The van der Waals surface area contributed by atoms with E-state index in [1.54, 1.807) is 12.1 Å². The van der Waals surface area contributed by atoms with E-state index in [1.807, 2.05) is 52.8 Å². The van der Waals surface area contributed by atoms with Crippen molar-refractivity contribution in [2.75, 3.05) is 18.4 Å². The van der Waals surface area contributed by atoms with E-state index in [2.05, 4.69) is 16.0 Å². The zero-order valence-electron chi connectivity index (χ0n) is 16.2. The Morgan fingerprint density at radius 1 is 1.00 bits per heavy atom. The van der Waals surface area contributed by atoms with Crippen LogP contribution < -0.4 is 16.0 Å². The van der Waals surface area contributed by atoms with E-state index in [9.17, 15) is 14.4 Å². The molecule has 144 valence electrons. The third-order valence-corrected chi connectivity index (χ3v) is 3.73. The van der Waals surface area contributed by atoms with Crippen molar-refractivity contribution in [1.29, 1.82) is 0 Å². The van der Waals surface area contributed by atoms with Gasteiger partial charge in [-0.15, -0.1) is 0 Å². The van der Waals surface area contributed by atoms with Gasteiger partial charge in [0, 0.05) is 18.3 Å². The molecular weight excluding hydrogens is 332 g/mol. The molecule has 1 aromatic carbocycles. The highest BCUT2D eigenvalue weighted by molar-refractivity contribution is 5.94. The highest BCUT2D eigenvalue weighted by atomic mass is 16.2. The quantitative estimate of drug-likeness (QED) is 0.662. The zero-order chi connectivity index (χ0) is 19.7. The van der Waals surface area contributed by atoms with Crippen molar-refractivity contribution in [2.24, 2.45) is 5.92 Å². The van der Waals surface area contributed by atoms with Gasteiger partial charge in [0.05, 0.1) is 6.54 Å². The van der Waals surface area contributed by atoms with E-state index in [4.69, 9.17) is 0 Å². The van der Waals surface area contributed by atoms with Crippen LogP contribution in [0.15, 0.2) is 30.3 Å². The molecule has 26 heavy (non-hydrogen) atoms. The van der Waals surface area contributed by atoms with Gasteiger partial charge in [0.2, 0.25) is 11.8 Å². The number of anilines is 1. The number of nitrogens with zero attached hydrogens (tertiary/aromatic N) is 1. The smallest absolute Gasteiger partial charge is 0.319 e. The molecule has 0 fully saturated rings. The molecule has 0 radical (unpaired) electrons. The van der Waals surface area contributed by atoms with Gasteiger partial charge in [0.15, 0.2) is 0 Å². The second-order valence-electron chi connectivity index (χ2n) is 6.76. The zero-order valence-corrected chi connectivity index (χ0v) is 16.2. The monoisotopic (exact) mass is 362 g/mol. The molecule has 1 unspecified atom stereocenters. The number of hydrogen-bond donors (Lipinski definition) is 3. The third-order valence-electron chi connectivity index (χ3n) is 3.73. The third kappa shape index (κ3) is 7.13. The summed E-state index contributed by atoms with van der Waals surface area (Å²) in [5.74, 6) is -0.609. The van der Waals surface area contributed by atoms with Gasteiger partial charge in [-0.1, -0.05) is 32.0 Å². The van der Waals surface area contributed by atoms with Crippen LogP contribution in [0.4, 0.5) is 10.5 Å². The number of nitrogens with one attached hydrogen (secondary N) is 3. The molecule has 1 aromatic rings. The molecule has 0 heterocycles. The maximum absolute atomic E-state index is 12.8. The Balaban J connectivity index is 2.75. The maximum Gasteiger partial charge on any atom is 0.319 e. The first kappa shape index (κ1) is 21.5. The summed E-state index contributed by atoms with van der Waals surface area (Å²) < 4.78 is 0. The second kappa shape index (κ2) is 10.4. The highest BCUT2D eigenvalue weighted by Crippen LogP contribution is 2.09. The number of rotatable bonds is 8. The number of likely N-dealkylation sites (N-methyl/N-ethyl adjacent to an activating group) is 1. The van der Waals surface area contributed by atoms with Crippen molar-refractivity contribution < 1.29 is 14.4 Å². The molecule has 0 bridgehead atoms. The van der Waals surface area contributed by atoms with Gasteiger partial charge in [-0.05, 0) is 38.8 Å². The van der Waals surface area contributed by atoms with Gasteiger partial charge < -0.3 is 20.9 Å². The lowest BCUT2D eigenvalue weighted by molar-refractivity contribution is -0.138. The molecule has 7 heteroatoms. The molecule has 0 saturated carbocycles. The minimum absolute atomic E-state index is 0.00646. The van der Waals surface area contributed by atoms with Crippen LogP contribution in [0.1, 0.15) is 34.6 Å². The van der Waals surface area contributed by atoms with Crippen molar-refractivity contribution in [3.8, 4) is 0 Å². The minimum Gasteiger partial charge on any atom is -0.352 e. The highest BCUT2D eigenvalue weighted by Gasteiger charge is 2.29. The van der Waals surface area contributed by atoms with E-state index < -0.39 is 12.1 Å². The fraction of sp³-hybridized carbons (Fsp3) is 0.526. The van der Waals surface area contributed by atoms with Crippen LogP contribution in [-0.2, 0) is 9.59 Å². The molecule has 0 aliphatic heterocycles. The van der Waals surface area contributed by atoms with E-state index in [1.165, 1.54) is 4.90 Å². The lowest BCUT2D eigenvalue weighted by atomic mass is 10.0. The van der Waals surface area contributed by atoms with Crippen molar-refractivity contribution in [3.05, 3.63) is 30.3 Å². The molecule has 0 saturated heterocycles. The number of hydrogen-bond acceptors (Lipinski definition) is 3. The average molecular weight is 362 g/mol. The van der Waals surface area contributed by atoms with E-state index in [0.717, 1.165) is 0 Å². The number of para-hydroxylation sites is 1. The van der Waals surface area contributed by atoms with Gasteiger partial charge in [0.25, 0.3) is 0 Å². The molecule has 0 aliphatic rings. The Hall–Kier alpha value is -2.57. The van der Waals surface area contributed by atoms with Gasteiger partial charge in [-0.3, -0.25) is 9.59 Å². The van der Waals surface area contributed by atoms with E-state index >= 15 is 0 Å². The lowest BCUT2D eigenvalue weighted by Crippen LogP contribution is -2.54. The van der Waals surface area contributed by atoms with Crippen LogP contribution in [0.5, 0.6) is 0 Å². The van der Waals surface area contributed by atoms with Crippen molar-refractivity contribution in [1.82, 2.24) is 15.5 Å². The standard InChI is InChI=1S/C19H30N4O3/c1-6-23(12-16(24)20-14(4)5)18(25)17(13(2)3)22-19(26)21-15-10-8-7-9-11-15/h7-11,13-14,17H,6,12H2,1-5H3,(H,20,24)(H2,21,22,26). The number of carbonyl (C=O) groups is 3. The summed E-state index contributed by atoms with van der Waals surface area (Å²) in [4.78, 5) is 38.5. The first-order valence-corrected chi connectivity index (χ1v) is 8.95. The van der Waals surface area contributed by atoms with Crippen LogP contribution in [0.25, 0.3) is 0 Å². The molecule has 7 nitrogen and oxygen atoms in total. The maximum atomic E-state index is 12.8. The van der Waals surface area contributed by atoms with E-state index in [-0.39, 0.29) is 30.3 Å². The molecule has 0 spiro atoms. The Morgan fingerprint density at radius 3 is 2.12 bits per heavy atom. The molecule has 1 atom stereocenters. The molecule has 0 aliphatic carbocycles. The first-order valence-electron chi connectivity index (χ1n) is 8.95. The van der Waals surface area contributed by atoms with Crippen LogP contribution >= 0.6 is 0 Å².